The predicted octanol–water partition coefficient (Wildman–Crippen LogP) is 6.78. The van der Waals surface area contributed by atoms with Crippen LogP contribution >= 0.6 is 0 Å². The molecule has 3 rings (SSSR count). The van der Waals surface area contributed by atoms with Crippen LogP contribution in [0, 0.1) is 35.5 Å². The van der Waals surface area contributed by atoms with Gasteiger partial charge in [0.2, 0.25) is 0 Å². The highest BCUT2D eigenvalue weighted by atomic mass is 14.4. The second-order valence-corrected chi connectivity index (χ2v) is 8.77. The Morgan fingerprint density at radius 1 is 0.955 bits per heavy atom. The van der Waals surface area contributed by atoms with Gasteiger partial charge in [-0.3, -0.25) is 0 Å². The highest BCUT2D eigenvalue weighted by Crippen LogP contribution is 2.45. The quantitative estimate of drug-likeness (QED) is 0.504. The van der Waals surface area contributed by atoms with E-state index in [-0.39, 0.29) is 0 Å². The summed E-state index contributed by atoms with van der Waals surface area (Å²) in [5, 5.41) is 0. The van der Waals surface area contributed by atoms with Gasteiger partial charge in [-0.05, 0) is 80.5 Å². The van der Waals surface area contributed by atoms with Crippen molar-refractivity contribution in [2.75, 3.05) is 0 Å². The van der Waals surface area contributed by atoms with Crippen molar-refractivity contribution in [2.24, 2.45) is 35.5 Å². The van der Waals surface area contributed by atoms with Crippen LogP contribution in [-0.2, 0) is 0 Å². The minimum atomic E-state index is 0.814. The van der Waals surface area contributed by atoms with E-state index in [1.54, 1.807) is 0 Å². The van der Waals surface area contributed by atoms with Crippen LogP contribution in [0.15, 0.2) is 23.8 Å². The molecule has 3 atom stereocenters. The second kappa shape index (κ2) is 7.37. The molecule has 3 unspecified atom stereocenters. The summed E-state index contributed by atoms with van der Waals surface area (Å²) >= 11 is 0. The smallest absolute Gasteiger partial charge is 0.0176 e. The van der Waals surface area contributed by atoms with Gasteiger partial charge in [-0.25, -0.2) is 0 Å². The largest absolute Gasteiger partial charge is 0.0885 e. The Bertz CT molecular complexity index is 406. The summed E-state index contributed by atoms with van der Waals surface area (Å²) in [4.78, 5) is 0. The van der Waals surface area contributed by atoms with Gasteiger partial charge in [-0.15, -0.1) is 0 Å². The fourth-order valence-electron chi connectivity index (χ4n) is 5.39. The zero-order chi connectivity index (χ0) is 15.5. The van der Waals surface area contributed by atoms with Crippen LogP contribution < -0.4 is 0 Å². The first kappa shape index (κ1) is 16.3. The van der Waals surface area contributed by atoms with Crippen molar-refractivity contribution in [1.82, 2.24) is 0 Å². The molecule has 0 saturated heterocycles. The van der Waals surface area contributed by atoms with Crippen LogP contribution in [0.4, 0.5) is 0 Å². The first-order chi connectivity index (χ1) is 10.6. The summed E-state index contributed by atoms with van der Waals surface area (Å²) in [7, 11) is 0. The Morgan fingerprint density at radius 2 is 1.73 bits per heavy atom. The Morgan fingerprint density at radius 3 is 2.36 bits per heavy atom. The molecule has 3 aliphatic rings. The fourth-order valence-corrected chi connectivity index (χ4v) is 5.39. The van der Waals surface area contributed by atoms with Gasteiger partial charge in [0.1, 0.15) is 0 Å². The average Bonchev–Trinajstić information content (AvgIpc) is 2.56. The summed E-state index contributed by atoms with van der Waals surface area (Å²) in [6, 6.07) is 0. The lowest BCUT2D eigenvalue weighted by molar-refractivity contribution is 0.174. The SMILES string of the molecule is CC1CCC(C2=CC(C(C)C)C(C3CC=CCC3)CC2)CC1. The van der Waals surface area contributed by atoms with Crippen LogP contribution in [0.1, 0.15) is 78.6 Å². The number of hydrogen-bond acceptors (Lipinski definition) is 0. The minimum Gasteiger partial charge on any atom is -0.0885 e. The van der Waals surface area contributed by atoms with Gasteiger partial charge in [-0.2, -0.15) is 0 Å². The van der Waals surface area contributed by atoms with Crippen molar-refractivity contribution < 1.29 is 0 Å². The van der Waals surface area contributed by atoms with Crippen molar-refractivity contribution in [1.29, 1.82) is 0 Å². The standard InChI is InChI=1S/C22H36/c1-16(2)22-15-20(18-11-9-17(3)10-12-18)13-14-21(22)19-7-5-4-6-8-19/h4-5,15-19,21-22H,6-14H2,1-3H3. The van der Waals surface area contributed by atoms with E-state index >= 15 is 0 Å². The monoisotopic (exact) mass is 300 g/mol. The Kier molecular flexibility index (Phi) is 5.47. The topological polar surface area (TPSA) is 0 Å². The van der Waals surface area contributed by atoms with Gasteiger partial charge in [0.25, 0.3) is 0 Å². The Balaban J connectivity index is 1.70. The molecule has 1 fully saturated rings. The van der Waals surface area contributed by atoms with E-state index in [4.69, 9.17) is 0 Å². The zero-order valence-corrected chi connectivity index (χ0v) is 15.1. The lowest BCUT2D eigenvalue weighted by atomic mass is 9.64. The second-order valence-electron chi connectivity index (χ2n) is 8.77. The summed E-state index contributed by atoms with van der Waals surface area (Å²) in [6.45, 7) is 7.35. The van der Waals surface area contributed by atoms with Gasteiger partial charge < -0.3 is 0 Å². The van der Waals surface area contributed by atoms with Crippen molar-refractivity contribution in [2.45, 2.75) is 78.6 Å². The maximum atomic E-state index is 2.78. The van der Waals surface area contributed by atoms with Crippen molar-refractivity contribution in [3.05, 3.63) is 23.8 Å². The third kappa shape index (κ3) is 3.69. The first-order valence-electron chi connectivity index (χ1n) is 10.0. The minimum absolute atomic E-state index is 0.814. The highest BCUT2D eigenvalue weighted by Gasteiger charge is 2.34. The molecule has 0 bridgehead atoms. The molecule has 0 heteroatoms. The van der Waals surface area contributed by atoms with Crippen LogP contribution in [-0.4, -0.2) is 0 Å². The molecule has 0 heterocycles. The third-order valence-electron chi connectivity index (χ3n) is 6.89. The molecular formula is C22H36. The molecular weight excluding hydrogens is 264 g/mol. The molecule has 0 aromatic heterocycles. The molecule has 0 amide bonds. The van der Waals surface area contributed by atoms with E-state index in [1.165, 1.54) is 57.8 Å². The van der Waals surface area contributed by atoms with Crippen molar-refractivity contribution >= 4 is 0 Å². The van der Waals surface area contributed by atoms with E-state index in [0.717, 1.165) is 35.5 Å². The lowest BCUT2D eigenvalue weighted by Crippen LogP contribution is -2.31. The Labute approximate surface area is 138 Å². The van der Waals surface area contributed by atoms with Crippen LogP contribution in [0.25, 0.3) is 0 Å². The number of rotatable bonds is 3. The lowest BCUT2D eigenvalue weighted by Gasteiger charge is -2.41. The molecule has 0 N–H and O–H groups in total. The van der Waals surface area contributed by atoms with Crippen molar-refractivity contribution in [3.63, 3.8) is 0 Å². The predicted molar refractivity (Wildman–Crippen MR) is 96.7 cm³/mol. The van der Waals surface area contributed by atoms with Crippen LogP contribution in [0.2, 0.25) is 0 Å². The molecule has 0 radical (unpaired) electrons. The van der Waals surface area contributed by atoms with E-state index < -0.39 is 0 Å². The molecule has 0 aromatic rings. The van der Waals surface area contributed by atoms with Gasteiger partial charge in [0.05, 0.1) is 0 Å². The molecule has 0 aliphatic heterocycles. The van der Waals surface area contributed by atoms with Gasteiger partial charge in [-0.1, -0.05) is 57.4 Å². The number of allylic oxidation sites excluding steroid dienone is 4. The summed E-state index contributed by atoms with van der Waals surface area (Å²) < 4.78 is 0. The normalized spacial score (nSPS) is 39.8. The Hall–Kier alpha value is -0.520. The van der Waals surface area contributed by atoms with Crippen molar-refractivity contribution in [3.8, 4) is 0 Å². The molecule has 3 aliphatic carbocycles. The summed E-state index contributed by atoms with van der Waals surface area (Å²) in [6.07, 6.45) is 20.5. The van der Waals surface area contributed by atoms with E-state index in [0.29, 0.717) is 0 Å². The average molecular weight is 301 g/mol. The van der Waals surface area contributed by atoms with Gasteiger partial charge in [0.15, 0.2) is 0 Å². The van der Waals surface area contributed by atoms with Crippen LogP contribution in [0.5, 0.6) is 0 Å². The zero-order valence-electron chi connectivity index (χ0n) is 15.1. The maximum Gasteiger partial charge on any atom is -0.0176 e. The van der Waals surface area contributed by atoms with E-state index in [9.17, 15) is 0 Å². The highest BCUT2D eigenvalue weighted by molar-refractivity contribution is 5.15. The van der Waals surface area contributed by atoms with E-state index in [1.807, 2.05) is 5.57 Å². The summed E-state index contributed by atoms with van der Waals surface area (Å²) in [5.74, 6) is 5.49. The fraction of sp³-hybridized carbons (Fsp3) is 0.818. The van der Waals surface area contributed by atoms with Crippen LogP contribution in [0.3, 0.4) is 0 Å². The van der Waals surface area contributed by atoms with E-state index in [2.05, 4.69) is 39.0 Å². The van der Waals surface area contributed by atoms with Gasteiger partial charge in [0, 0.05) is 0 Å². The molecule has 0 spiro atoms. The summed E-state index contributed by atoms with van der Waals surface area (Å²) in [5.41, 5.74) is 1.85. The maximum absolute atomic E-state index is 2.78. The molecule has 22 heavy (non-hydrogen) atoms. The molecule has 1 saturated carbocycles. The molecule has 0 nitrogen and oxygen atoms in total. The third-order valence-corrected chi connectivity index (χ3v) is 6.89. The molecule has 0 aromatic carbocycles. The number of hydrogen-bond donors (Lipinski definition) is 0. The first-order valence-corrected chi connectivity index (χ1v) is 10.0. The van der Waals surface area contributed by atoms with Gasteiger partial charge >= 0.3 is 0 Å². The molecule has 124 valence electrons.